The highest BCUT2D eigenvalue weighted by Crippen LogP contribution is 2.29. The van der Waals surface area contributed by atoms with E-state index < -0.39 is 0 Å². The fourth-order valence-corrected chi connectivity index (χ4v) is 3.96. The number of thioether (sulfide) groups is 1. The molecule has 0 spiro atoms. The smallest absolute Gasteiger partial charge is 0.237 e. The van der Waals surface area contributed by atoms with Gasteiger partial charge in [-0.2, -0.15) is 0 Å². The highest BCUT2D eigenvalue weighted by Gasteiger charge is 2.19. The first-order valence-corrected chi connectivity index (χ1v) is 9.85. The van der Waals surface area contributed by atoms with E-state index in [0.29, 0.717) is 11.3 Å². The number of nitrogens with one attached hydrogen (secondary N) is 2. The quantitative estimate of drug-likeness (QED) is 0.389. The van der Waals surface area contributed by atoms with Gasteiger partial charge in [0.1, 0.15) is 0 Å². The molecule has 0 aliphatic rings. The van der Waals surface area contributed by atoms with Crippen molar-refractivity contribution in [2.75, 3.05) is 17.2 Å². The number of anilines is 2. The van der Waals surface area contributed by atoms with Crippen LogP contribution in [0.3, 0.4) is 0 Å². The van der Waals surface area contributed by atoms with E-state index in [1.165, 1.54) is 30.0 Å². The first-order chi connectivity index (χ1) is 12.0. The molecule has 0 radical (unpaired) electrons. The third-order valence-corrected chi connectivity index (χ3v) is 5.49. The number of para-hydroxylation sites is 1. The lowest BCUT2D eigenvalue weighted by Crippen LogP contribution is -2.23. The maximum atomic E-state index is 12.4. The van der Waals surface area contributed by atoms with Crippen LogP contribution in [0.4, 0.5) is 10.8 Å². The molecule has 1 aromatic heterocycles. The van der Waals surface area contributed by atoms with Crippen LogP contribution < -0.4 is 10.6 Å². The maximum Gasteiger partial charge on any atom is 0.237 e. The third kappa shape index (κ3) is 5.82. The van der Waals surface area contributed by atoms with Gasteiger partial charge in [-0.15, -0.1) is 10.2 Å². The summed E-state index contributed by atoms with van der Waals surface area (Å²) in [5.41, 5.74) is 1.04. The molecule has 0 aliphatic carbocycles. The molecule has 1 atom stereocenters. The van der Waals surface area contributed by atoms with Gasteiger partial charge < -0.3 is 10.6 Å². The van der Waals surface area contributed by atoms with Gasteiger partial charge in [0.15, 0.2) is 10.1 Å². The van der Waals surface area contributed by atoms with Gasteiger partial charge in [-0.25, -0.2) is 0 Å². The minimum absolute atomic E-state index is 0.0804. The molecule has 0 fully saturated rings. The molecule has 0 saturated carbocycles. The Hall–Kier alpha value is -1.93. The lowest BCUT2D eigenvalue weighted by atomic mass is 10.1. The number of carbonyl (C=O) groups is 2. The maximum absolute atomic E-state index is 12.4. The van der Waals surface area contributed by atoms with Crippen molar-refractivity contribution >= 4 is 45.6 Å². The van der Waals surface area contributed by atoms with E-state index in [9.17, 15) is 9.59 Å². The standard InChI is InChI=1S/C17H22N4O2S2/c1-4-5-10-18-16-20-21-17(25-16)24-12(3)15(23)19-14-9-7-6-8-13(14)11(2)22/h6-9,12H,4-5,10H2,1-3H3,(H,18,20)(H,19,23)/t12-/m0/s1. The number of hydrogen-bond acceptors (Lipinski definition) is 7. The molecular weight excluding hydrogens is 356 g/mol. The second-order valence-corrected chi connectivity index (χ2v) is 8.07. The van der Waals surface area contributed by atoms with E-state index in [0.717, 1.165) is 28.9 Å². The Morgan fingerprint density at radius 2 is 2.04 bits per heavy atom. The summed E-state index contributed by atoms with van der Waals surface area (Å²) in [5, 5.41) is 14.6. The SMILES string of the molecule is CCCCNc1nnc(S[C@@H](C)C(=O)Nc2ccccc2C(C)=O)s1. The van der Waals surface area contributed by atoms with Crippen LogP contribution in [-0.4, -0.2) is 33.7 Å². The van der Waals surface area contributed by atoms with Crippen LogP contribution >= 0.6 is 23.1 Å². The van der Waals surface area contributed by atoms with Crippen molar-refractivity contribution < 1.29 is 9.59 Å². The highest BCUT2D eigenvalue weighted by molar-refractivity contribution is 8.02. The summed E-state index contributed by atoms with van der Waals surface area (Å²) < 4.78 is 0.738. The molecule has 1 aromatic carbocycles. The van der Waals surface area contributed by atoms with Crippen LogP contribution in [0, 0.1) is 0 Å². The first-order valence-electron chi connectivity index (χ1n) is 8.16. The Labute approximate surface area is 155 Å². The summed E-state index contributed by atoms with van der Waals surface area (Å²) in [6.45, 7) is 6.29. The average Bonchev–Trinajstić information content (AvgIpc) is 3.02. The molecule has 8 heteroatoms. The van der Waals surface area contributed by atoms with E-state index in [1.54, 1.807) is 24.3 Å². The van der Waals surface area contributed by atoms with Gasteiger partial charge in [-0.05, 0) is 32.4 Å². The van der Waals surface area contributed by atoms with E-state index in [-0.39, 0.29) is 16.9 Å². The molecule has 0 bridgehead atoms. The largest absolute Gasteiger partial charge is 0.360 e. The van der Waals surface area contributed by atoms with Crippen molar-refractivity contribution in [3.05, 3.63) is 29.8 Å². The number of carbonyl (C=O) groups excluding carboxylic acids is 2. The van der Waals surface area contributed by atoms with Crippen molar-refractivity contribution in [2.24, 2.45) is 0 Å². The van der Waals surface area contributed by atoms with Gasteiger partial charge in [0.05, 0.1) is 10.9 Å². The van der Waals surface area contributed by atoms with Crippen LogP contribution in [-0.2, 0) is 4.79 Å². The molecule has 2 aromatic rings. The summed E-state index contributed by atoms with van der Waals surface area (Å²) in [4.78, 5) is 24.0. The molecular formula is C17H22N4O2S2. The topological polar surface area (TPSA) is 84.0 Å². The monoisotopic (exact) mass is 378 g/mol. The Morgan fingerprint density at radius 1 is 1.28 bits per heavy atom. The van der Waals surface area contributed by atoms with Crippen LogP contribution in [0.15, 0.2) is 28.6 Å². The molecule has 25 heavy (non-hydrogen) atoms. The predicted molar refractivity (Wildman–Crippen MR) is 104 cm³/mol. The number of rotatable bonds is 9. The zero-order valence-electron chi connectivity index (χ0n) is 14.5. The van der Waals surface area contributed by atoms with Gasteiger partial charge in [0, 0.05) is 12.1 Å². The number of benzene rings is 1. The third-order valence-electron chi connectivity index (χ3n) is 3.42. The zero-order chi connectivity index (χ0) is 18.2. The molecule has 134 valence electrons. The van der Waals surface area contributed by atoms with Gasteiger partial charge in [0.25, 0.3) is 0 Å². The van der Waals surface area contributed by atoms with Crippen LogP contribution in [0.1, 0.15) is 44.0 Å². The lowest BCUT2D eigenvalue weighted by Gasteiger charge is -2.12. The Bertz CT molecular complexity index is 733. The molecule has 0 saturated heterocycles. The van der Waals surface area contributed by atoms with Crippen molar-refractivity contribution in [1.29, 1.82) is 0 Å². The van der Waals surface area contributed by atoms with Crippen molar-refractivity contribution in [3.8, 4) is 0 Å². The number of hydrogen-bond donors (Lipinski definition) is 2. The van der Waals surface area contributed by atoms with Crippen LogP contribution in [0.2, 0.25) is 0 Å². The number of Topliss-reactive ketones (excluding diaryl/α,β-unsaturated/α-hetero) is 1. The average molecular weight is 379 g/mol. The summed E-state index contributed by atoms with van der Waals surface area (Å²) >= 11 is 2.79. The summed E-state index contributed by atoms with van der Waals surface area (Å²) in [6, 6.07) is 7.00. The van der Waals surface area contributed by atoms with Crippen LogP contribution in [0.5, 0.6) is 0 Å². The van der Waals surface area contributed by atoms with Gasteiger partial charge in [-0.3, -0.25) is 9.59 Å². The lowest BCUT2D eigenvalue weighted by molar-refractivity contribution is -0.115. The van der Waals surface area contributed by atoms with Gasteiger partial charge in [0.2, 0.25) is 11.0 Å². The molecule has 2 N–H and O–H groups in total. The second kappa shape index (κ2) is 9.53. The Morgan fingerprint density at radius 3 is 2.76 bits per heavy atom. The number of ketones is 1. The van der Waals surface area contributed by atoms with E-state index in [2.05, 4.69) is 27.8 Å². The molecule has 1 amide bonds. The van der Waals surface area contributed by atoms with Crippen LogP contribution in [0.25, 0.3) is 0 Å². The fraction of sp³-hybridized carbons (Fsp3) is 0.412. The van der Waals surface area contributed by atoms with Gasteiger partial charge >= 0.3 is 0 Å². The van der Waals surface area contributed by atoms with Crippen molar-refractivity contribution in [2.45, 2.75) is 43.2 Å². The minimum Gasteiger partial charge on any atom is -0.360 e. The second-order valence-electron chi connectivity index (χ2n) is 5.50. The summed E-state index contributed by atoms with van der Waals surface area (Å²) in [5.74, 6) is -0.252. The first kappa shape index (κ1) is 19.4. The number of unbranched alkanes of at least 4 members (excludes halogenated alkanes) is 1. The predicted octanol–water partition coefficient (Wildman–Crippen LogP) is 4.07. The van der Waals surface area contributed by atoms with E-state index >= 15 is 0 Å². The molecule has 0 unspecified atom stereocenters. The van der Waals surface area contributed by atoms with Gasteiger partial charge in [-0.1, -0.05) is 48.6 Å². The highest BCUT2D eigenvalue weighted by atomic mass is 32.2. The van der Waals surface area contributed by atoms with E-state index in [1.807, 2.05) is 6.92 Å². The van der Waals surface area contributed by atoms with Crippen molar-refractivity contribution in [1.82, 2.24) is 10.2 Å². The normalized spacial score (nSPS) is 11.8. The molecule has 0 aliphatic heterocycles. The molecule has 6 nitrogen and oxygen atoms in total. The van der Waals surface area contributed by atoms with Crippen molar-refractivity contribution in [3.63, 3.8) is 0 Å². The zero-order valence-corrected chi connectivity index (χ0v) is 16.2. The number of amides is 1. The molecule has 1 heterocycles. The number of aromatic nitrogens is 2. The fourth-order valence-electron chi connectivity index (χ4n) is 2.04. The Balaban J connectivity index is 1.93. The van der Waals surface area contributed by atoms with E-state index in [4.69, 9.17) is 0 Å². The summed E-state index contributed by atoms with van der Waals surface area (Å²) in [6.07, 6.45) is 2.20. The summed E-state index contributed by atoms with van der Waals surface area (Å²) in [7, 11) is 0. The molecule has 2 rings (SSSR count). The number of nitrogens with zero attached hydrogens (tertiary/aromatic N) is 2. The Kier molecular flexibility index (Phi) is 7.39. The minimum atomic E-state index is -0.351.